The summed E-state index contributed by atoms with van der Waals surface area (Å²) in [4.78, 5) is 17.0. The molecule has 1 saturated heterocycles. The summed E-state index contributed by atoms with van der Waals surface area (Å²) < 4.78 is 40.7. The maximum atomic E-state index is 13.1. The Labute approximate surface area is 194 Å². The Morgan fingerprint density at radius 1 is 1.06 bits per heavy atom. The van der Waals surface area contributed by atoms with E-state index in [9.17, 15) is 17.6 Å². The van der Waals surface area contributed by atoms with E-state index in [1.807, 2.05) is 5.38 Å². The lowest BCUT2D eigenvalue weighted by atomic mass is 10.2. The third-order valence-corrected chi connectivity index (χ3v) is 8.97. The molecule has 2 aromatic carbocycles. The molecule has 0 spiro atoms. The molecule has 0 saturated carbocycles. The van der Waals surface area contributed by atoms with Crippen LogP contribution in [-0.2, 0) is 14.8 Å². The number of sulfonamides is 1. The molecule has 3 aromatic rings. The van der Waals surface area contributed by atoms with E-state index in [2.05, 4.69) is 10.3 Å². The number of thioether (sulfide) groups is 1. The Bertz CT molecular complexity index is 1170. The maximum absolute atomic E-state index is 13.1. The van der Waals surface area contributed by atoms with Gasteiger partial charge in [-0.15, -0.1) is 11.3 Å². The molecule has 0 bridgehead atoms. The minimum atomic E-state index is -3.49. The number of rotatable bonds is 7. The van der Waals surface area contributed by atoms with Crippen LogP contribution in [0.25, 0.3) is 11.3 Å². The summed E-state index contributed by atoms with van der Waals surface area (Å²) >= 11 is 2.73. The molecule has 1 amide bonds. The topological polar surface area (TPSA) is 79.4 Å². The fourth-order valence-corrected chi connectivity index (χ4v) is 6.52. The Hall–Kier alpha value is -2.27. The number of hydrogen-bond acceptors (Lipinski definition) is 6. The largest absolute Gasteiger partial charge is 0.325 e. The van der Waals surface area contributed by atoms with E-state index in [0.29, 0.717) is 18.8 Å². The van der Waals surface area contributed by atoms with E-state index in [-0.39, 0.29) is 22.4 Å². The van der Waals surface area contributed by atoms with Crippen molar-refractivity contribution in [2.75, 3.05) is 24.2 Å². The van der Waals surface area contributed by atoms with Gasteiger partial charge in [0.05, 0.1) is 16.3 Å². The Balaban J connectivity index is 1.31. The van der Waals surface area contributed by atoms with Gasteiger partial charge in [0.15, 0.2) is 4.34 Å². The quantitative estimate of drug-likeness (QED) is 0.478. The highest BCUT2D eigenvalue weighted by molar-refractivity contribution is 8.01. The lowest BCUT2D eigenvalue weighted by Gasteiger charge is -2.25. The molecule has 1 aliphatic rings. The molecule has 0 aliphatic carbocycles. The second-order valence-corrected chi connectivity index (χ2v) is 11.4. The van der Waals surface area contributed by atoms with Gasteiger partial charge >= 0.3 is 0 Å². The summed E-state index contributed by atoms with van der Waals surface area (Å²) in [6.45, 7) is 1.11. The van der Waals surface area contributed by atoms with E-state index in [1.165, 1.54) is 51.7 Å². The second kappa shape index (κ2) is 10.1. The van der Waals surface area contributed by atoms with Crippen molar-refractivity contribution in [3.8, 4) is 11.3 Å². The van der Waals surface area contributed by atoms with Gasteiger partial charge in [0.2, 0.25) is 15.9 Å². The molecule has 10 heteroatoms. The minimum absolute atomic E-state index is 0.171. The van der Waals surface area contributed by atoms with Gasteiger partial charge in [0.1, 0.15) is 5.82 Å². The second-order valence-electron chi connectivity index (χ2n) is 7.33. The highest BCUT2D eigenvalue weighted by Gasteiger charge is 2.25. The predicted molar refractivity (Wildman–Crippen MR) is 126 cm³/mol. The number of thiazole rings is 1. The summed E-state index contributed by atoms with van der Waals surface area (Å²) in [7, 11) is -3.49. The van der Waals surface area contributed by atoms with Crippen LogP contribution in [0.3, 0.4) is 0 Å². The van der Waals surface area contributed by atoms with E-state index >= 15 is 0 Å². The molecule has 1 aromatic heterocycles. The highest BCUT2D eigenvalue weighted by atomic mass is 32.2. The number of piperidine rings is 1. The standard InChI is InChI=1S/C22H22FN3O3S3/c23-17-6-4-16(5-7-17)20-14-30-22(25-20)31-15-21(27)24-18-8-10-19(11-9-18)32(28,29)26-12-2-1-3-13-26/h4-11,14H,1-3,12-13,15H2,(H,24,27). The molecular weight excluding hydrogens is 469 g/mol. The monoisotopic (exact) mass is 491 g/mol. The van der Waals surface area contributed by atoms with Crippen LogP contribution in [0.4, 0.5) is 10.1 Å². The predicted octanol–water partition coefficient (Wildman–Crippen LogP) is 4.85. The Kier molecular flexibility index (Phi) is 7.24. The number of carbonyl (C=O) groups excluding carboxylic acids is 1. The molecule has 0 unspecified atom stereocenters. The zero-order valence-electron chi connectivity index (χ0n) is 17.2. The molecule has 168 valence electrons. The number of aromatic nitrogens is 1. The first-order valence-corrected chi connectivity index (χ1v) is 13.5. The molecule has 32 heavy (non-hydrogen) atoms. The van der Waals surface area contributed by atoms with Gasteiger partial charge in [0, 0.05) is 29.7 Å². The number of amides is 1. The number of hydrogen-bond donors (Lipinski definition) is 1. The van der Waals surface area contributed by atoms with E-state index in [1.54, 1.807) is 24.3 Å². The number of anilines is 1. The summed E-state index contributed by atoms with van der Waals surface area (Å²) in [6, 6.07) is 12.4. The lowest BCUT2D eigenvalue weighted by Crippen LogP contribution is -2.35. The summed E-state index contributed by atoms with van der Waals surface area (Å²) in [5.74, 6) is -0.336. The number of halogens is 1. The SMILES string of the molecule is O=C(CSc1nc(-c2ccc(F)cc2)cs1)Nc1ccc(S(=O)(=O)N2CCCCC2)cc1. The first-order chi connectivity index (χ1) is 15.4. The van der Waals surface area contributed by atoms with Crippen LogP contribution in [0, 0.1) is 5.82 Å². The highest BCUT2D eigenvalue weighted by Crippen LogP contribution is 2.28. The van der Waals surface area contributed by atoms with Crippen LogP contribution in [0.15, 0.2) is 63.1 Å². The van der Waals surface area contributed by atoms with Crippen molar-refractivity contribution in [3.05, 3.63) is 59.7 Å². The maximum Gasteiger partial charge on any atom is 0.243 e. The van der Waals surface area contributed by atoms with Crippen LogP contribution in [0.2, 0.25) is 0 Å². The van der Waals surface area contributed by atoms with Crippen molar-refractivity contribution in [2.45, 2.75) is 28.5 Å². The number of nitrogens with zero attached hydrogens (tertiary/aromatic N) is 2. The normalized spacial score (nSPS) is 14.9. The Morgan fingerprint density at radius 3 is 2.44 bits per heavy atom. The van der Waals surface area contributed by atoms with Crippen LogP contribution >= 0.6 is 23.1 Å². The molecular formula is C22H22FN3O3S3. The number of carbonyl (C=O) groups is 1. The summed E-state index contributed by atoms with van der Waals surface area (Å²) in [5, 5.41) is 4.65. The molecule has 1 aliphatic heterocycles. The molecule has 2 heterocycles. The third kappa shape index (κ3) is 5.55. The van der Waals surface area contributed by atoms with Crippen molar-refractivity contribution in [1.29, 1.82) is 0 Å². The van der Waals surface area contributed by atoms with Gasteiger partial charge in [-0.3, -0.25) is 4.79 Å². The third-order valence-electron chi connectivity index (χ3n) is 5.04. The zero-order chi connectivity index (χ0) is 22.6. The Morgan fingerprint density at radius 2 is 1.75 bits per heavy atom. The van der Waals surface area contributed by atoms with Crippen LogP contribution in [-0.4, -0.2) is 42.5 Å². The van der Waals surface area contributed by atoms with Crippen LogP contribution in [0.1, 0.15) is 19.3 Å². The molecule has 6 nitrogen and oxygen atoms in total. The van der Waals surface area contributed by atoms with Gasteiger partial charge < -0.3 is 5.32 Å². The zero-order valence-corrected chi connectivity index (χ0v) is 19.6. The molecule has 1 N–H and O–H groups in total. The van der Waals surface area contributed by atoms with Gasteiger partial charge in [-0.25, -0.2) is 17.8 Å². The van der Waals surface area contributed by atoms with Crippen molar-refractivity contribution >= 4 is 44.7 Å². The average molecular weight is 492 g/mol. The van der Waals surface area contributed by atoms with E-state index in [0.717, 1.165) is 34.9 Å². The first kappa shape index (κ1) is 22.9. The lowest BCUT2D eigenvalue weighted by molar-refractivity contribution is -0.113. The molecule has 4 rings (SSSR count). The fourth-order valence-electron chi connectivity index (χ4n) is 3.37. The van der Waals surface area contributed by atoms with Crippen molar-refractivity contribution < 1.29 is 17.6 Å². The van der Waals surface area contributed by atoms with Crippen molar-refractivity contribution in [2.24, 2.45) is 0 Å². The summed E-state index contributed by atoms with van der Waals surface area (Å²) in [6.07, 6.45) is 2.83. The minimum Gasteiger partial charge on any atom is -0.325 e. The van der Waals surface area contributed by atoms with E-state index < -0.39 is 10.0 Å². The smallest absolute Gasteiger partial charge is 0.243 e. The van der Waals surface area contributed by atoms with Crippen LogP contribution in [0.5, 0.6) is 0 Å². The van der Waals surface area contributed by atoms with E-state index in [4.69, 9.17) is 0 Å². The molecule has 0 radical (unpaired) electrons. The van der Waals surface area contributed by atoms with Gasteiger partial charge in [0.25, 0.3) is 0 Å². The van der Waals surface area contributed by atoms with Crippen molar-refractivity contribution in [3.63, 3.8) is 0 Å². The van der Waals surface area contributed by atoms with Crippen molar-refractivity contribution in [1.82, 2.24) is 9.29 Å². The van der Waals surface area contributed by atoms with Gasteiger partial charge in [-0.05, 0) is 61.4 Å². The number of nitrogens with one attached hydrogen (secondary N) is 1. The number of benzene rings is 2. The van der Waals surface area contributed by atoms with Gasteiger partial charge in [-0.2, -0.15) is 4.31 Å². The first-order valence-electron chi connectivity index (χ1n) is 10.2. The summed E-state index contributed by atoms with van der Waals surface area (Å²) in [5.41, 5.74) is 2.10. The average Bonchev–Trinajstić information content (AvgIpc) is 3.28. The fraction of sp³-hybridized carbons (Fsp3) is 0.273. The molecule has 1 fully saturated rings. The van der Waals surface area contributed by atoms with Gasteiger partial charge in [-0.1, -0.05) is 18.2 Å². The molecule has 0 atom stereocenters. The van der Waals surface area contributed by atoms with Crippen LogP contribution < -0.4 is 5.32 Å².